The number of hydrogen-bond donors (Lipinski definition) is 1. The van der Waals surface area contributed by atoms with Crippen LogP contribution in [0.15, 0.2) is 18.2 Å². The minimum absolute atomic E-state index is 0.177. The van der Waals surface area contributed by atoms with E-state index in [9.17, 15) is 13.6 Å². The van der Waals surface area contributed by atoms with E-state index in [1.165, 1.54) is 12.1 Å². The highest BCUT2D eigenvalue weighted by atomic mass is 28.4. The van der Waals surface area contributed by atoms with Crippen LogP contribution in [0, 0.1) is 11.6 Å². The van der Waals surface area contributed by atoms with E-state index in [1.807, 2.05) is 0 Å². The van der Waals surface area contributed by atoms with Crippen LogP contribution in [0.1, 0.15) is 33.3 Å². The van der Waals surface area contributed by atoms with Gasteiger partial charge in [0.15, 0.2) is 0 Å². The van der Waals surface area contributed by atoms with Crippen molar-refractivity contribution in [1.29, 1.82) is 0 Å². The van der Waals surface area contributed by atoms with Crippen molar-refractivity contribution in [3.8, 4) is 0 Å². The molecule has 0 aliphatic heterocycles. The zero-order valence-electron chi connectivity index (χ0n) is 12.3. The summed E-state index contributed by atoms with van der Waals surface area (Å²) < 4.78 is 37.4. The number of halogens is 2. The summed E-state index contributed by atoms with van der Waals surface area (Å²) in [5.74, 6) is -1.23. The molecule has 0 fully saturated rings. The molecule has 1 aromatic carbocycles. The highest BCUT2D eigenvalue weighted by Gasteiger charge is 2.38. The third-order valence-electron chi connectivity index (χ3n) is 2.57. The minimum atomic E-state index is -3.36. The van der Waals surface area contributed by atoms with Crippen LogP contribution in [-0.2, 0) is 15.3 Å². The summed E-state index contributed by atoms with van der Waals surface area (Å²) in [7, 11) is -3.36. The molecule has 6 heteroatoms. The van der Waals surface area contributed by atoms with Crippen molar-refractivity contribution in [2.24, 2.45) is 0 Å². The summed E-state index contributed by atoms with van der Waals surface area (Å²) in [5.41, 5.74) is 0.344. The second-order valence-corrected chi connectivity index (χ2v) is 7.68. The maximum Gasteiger partial charge on any atom is 0.498 e. The van der Waals surface area contributed by atoms with Crippen molar-refractivity contribution in [3.63, 3.8) is 0 Å². The maximum atomic E-state index is 13.6. The molecule has 0 bridgehead atoms. The minimum Gasteiger partial charge on any atom is -0.390 e. The van der Waals surface area contributed by atoms with Crippen LogP contribution >= 0.6 is 0 Å². The smallest absolute Gasteiger partial charge is 0.390 e. The molecule has 20 heavy (non-hydrogen) atoms. The van der Waals surface area contributed by atoms with Crippen molar-refractivity contribution >= 4 is 8.80 Å². The molecule has 0 radical (unpaired) electrons. The van der Waals surface area contributed by atoms with Gasteiger partial charge in [-0.05, 0) is 45.7 Å². The summed E-state index contributed by atoms with van der Waals surface area (Å²) in [6.07, 6.45) is -0.110. The Hall–Kier alpha value is -0.823. The number of hydrogen-bond acceptors (Lipinski definition) is 3. The first kappa shape index (κ1) is 17.2. The standard InChI is InChI=1S/C14H22F2O3Si/c1-10(2)18-20(17,19-11(3)4)8-7-12-5-6-13(15)9-14(12)16/h5-6,9-11,17H,7-8H2,1-4H3. The van der Waals surface area contributed by atoms with Gasteiger partial charge in [-0.2, -0.15) is 0 Å². The SMILES string of the molecule is CC(C)O[Si](O)(CCc1ccc(F)cc1F)OC(C)C. The number of aryl methyl sites for hydroxylation is 1. The first-order chi connectivity index (χ1) is 9.22. The van der Waals surface area contributed by atoms with Gasteiger partial charge in [0.05, 0.1) is 0 Å². The van der Waals surface area contributed by atoms with E-state index < -0.39 is 20.4 Å². The zero-order chi connectivity index (χ0) is 15.3. The van der Waals surface area contributed by atoms with Gasteiger partial charge in [-0.15, -0.1) is 0 Å². The molecule has 0 saturated heterocycles. The molecule has 0 amide bonds. The van der Waals surface area contributed by atoms with Crippen molar-refractivity contribution < 1.29 is 22.4 Å². The fraction of sp³-hybridized carbons (Fsp3) is 0.571. The molecular weight excluding hydrogens is 282 g/mol. The molecule has 0 aromatic heterocycles. The zero-order valence-corrected chi connectivity index (χ0v) is 13.3. The van der Waals surface area contributed by atoms with E-state index in [2.05, 4.69) is 0 Å². The van der Waals surface area contributed by atoms with E-state index in [4.69, 9.17) is 8.85 Å². The fourth-order valence-electron chi connectivity index (χ4n) is 1.90. The molecule has 1 N–H and O–H groups in total. The van der Waals surface area contributed by atoms with Crippen molar-refractivity contribution in [1.82, 2.24) is 0 Å². The summed E-state index contributed by atoms with van der Waals surface area (Å²) in [6.45, 7) is 7.22. The van der Waals surface area contributed by atoms with Crippen LogP contribution < -0.4 is 0 Å². The molecule has 0 spiro atoms. The predicted octanol–water partition coefficient (Wildman–Crippen LogP) is 3.29. The molecule has 114 valence electrons. The molecule has 0 unspecified atom stereocenters. The Morgan fingerprint density at radius 2 is 1.65 bits per heavy atom. The molecule has 0 heterocycles. The molecule has 0 aliphatic carbocycles. The lowest BCUT2D eigenvalue weighted by atomic mass is 10.1. The van der Waals surface area contributed by atoms with Gasteiger partial charge in [-0.25, -0.2) is 8.78 Å². The van der Waals surface area contributed by atoms with Gasteiger partial charge in [0, 0.05) is 24.3 Å². The average molecular weight is 304 g/mol. The van der Waals surface area contributed by atoms with Crippen LogP contribution in [0.25, 0.3) is 0 Å². The third kappa shape index (κ3) is 5.66. The Balaban J connectivity index is 2.75. The first-order valence-corrected chi connectivity index (χ1v) is 8.71. The lowest BCUT2D eigenvalue weighted by molar-refractivity contribution is 0.0478. The molecule has 1 rings (SSSR count). The summed E-state index contributed by atoms with van der Waals surface area (Å²) in [5, 5.41) is 0. The number of rotatable bonds is 7. The Labute approximate surface area is 119 Å². The topological polar surface area (TPSA) is 38.7 Å². The Morgan fingerprint density at radius 1 is 1.10 bits per heavy atom. The summed E-state index contributed by atoms with van der Waals surface area (Å²) in [6, 6.07) is 3.62. The lowest BCUT2D eigenvalue weighted by Crippen LogP contribution is -2.46. The van der Waals surface area contributed by atoms with Crippen molar-refractivity contribution in [2.75, 3.05) is 0 Å². The van der Waals surface area contributed by atoms with Crippen LogP contribution in [0.2, 0.25) is 6.04 Å². The molecule has 0 aliphatic rings. The Morgan fingerprint density at radius 3 is 2.10 bits per heavy atom. The van der Waals surface area contributed by atoms with Gasteiger partial charge < -0.3 is 13.6 Å². The second-order valence-electron chi connectivity index (χ2n) is 5.28. The van der Waals surface area contributed by atoms with Crippen molar-refractivity contribution in [2.45, 2.75) is 52.4 Å². The number of benzene rings is 1. The lowest BCUT2D eigenvalue weighted by Gasteiger charge is -2.28. The largest absolute Gasteiger partial charge is 0.498 e. The van der Waals surface area contributed by atoms with Gasteiger partial charge in [-0.1, -0.05) is 6.07 Å². The predicted molar refractivity (Wildman–Crippen MR) is 75.3 cm³/mol. The highest BCUT2D eigenvalue weighted by Crippen LogP contribution is 2.20. The van der Waals surface area contributed by atoms with E-state index in [-0.39, 0.29) is 24.7 Å². The summed E-state index contributed by atoms with van der Waals surface area (Å²) in [4.78, 5) is 10.5. The highest BCUT2D eigenvalue weighted by molar-refractivity contribution is 6.59. The van der Waals surface area contributed by atoms with E-state index in [1.54, 1.807) is 27.7 Å². The van der Waals surface area contributed by atoms with Gasteiger partial charge in [0.1, 0.15) is 11.6 Å². The Kier molecular flexibility index (Phi) is 6.26. The van der Waals surface area contributed by atoms with Gasteiger partial charge in [0.2, 0.25) is 0 Å². The quantitative estimate of drug-likeness (QED) is 0.786. The normalized spacial score (nSPS) is 12.4. The van der Waals surface area contributed by atoms with E-state index in [0.29, 0.717) is 5.56 Å². The fourth-order valence-corrected chi connectivity index (χ4v) is 4.25. The molecule has 3 nitrogen and oxygen atoms in total. The third-order valence-corrected chi connectivity index (χ3v) is 5.13. The van der Waals surface area contributed by atoms with Crippen LogP contribution in [0.3, 0.4) is 0 Å². The molecule has 0 saturated carbocycles. The Bertz CT molecular complexity index is 428. The monoisotopic (exact) mass is 304 g/mol. The van der Waals surface area contributed by atoms with Crippen LogP contribution in [0.4, 0.5) is 8.78 Å². The molecular formula is C14H22F2O3Si. The van der Waals surface area contributed by atoms with Crippen molar-refractivity contribution in [3.05, 3.63) is 35.4 Å². The first-order valence-electron chi connectivity index (χ1n) is 6.74. The average Bonchev–Trinajstić information content (AvgIpc) is 2.25. The molecule has 0 atom stereocenters. The van der Waals surface area contributed by atoms with E-state index >= 15 is 0 Å². The van der Waals surface area contributed by atoms with Gasteiger partial charge >= 0.3 is 8.80 Å². The molecule has 1 aromatic rings. The van der Waals surface area contributed by atoms with Gasteiger partial charge in [-0.3, -0.25) is 0 Å². The van der Waals surface area contributed by atoms with Crippen LogP contribution in [-0.4, -0.2) is 25.8 Å². The van der Waals surface area contributed by atoms with Crippen LogP contribution in [0.5, 0.6) is 0 Å². The van der Waals surface area contributed by atoms with Gasteiger partial charge in [0.25, 0.3) is 0 Å². The summed E-state index contributed by atoms with van der Waals surface area (Å²) >= 11 is 0. The van der Waals surface area contributed by atoms with E-state index in [0.717, 1.165) is 6.07 Å². The second kappa shape index (κ2) is 7.26. The maximum absolute atomic E-state index is 13.6.